The first-order valence-corrected chi connectivity index (χ1v) is 8.65. The highest BCUT2D eigenvalue weighted by molar-refractivity contribution is 7.98. The van der Waals surface area contributed by atoms with Crippen molar-refractivity contribution in [2.75, 3.05) is 0 Å². The summed E-state index contributed by atoms with van der Waals surface area (Å²) in [6.45, 7) is 0. The minimum atomic E-state index is 0.630. The zero-order chi connectivity index (χ0) is 15.8. The average molecular weight is 361 g/mol. The van der Waals surface area contributed by atoms with E-state index in [1.54, 1.807) is 24.2 Å². The van der Waals surface area contributed by atoms with Gasteiger partial charge in [-0.3, -0.25) is 0 Å². The molecule has 0 bridgehead atoms. The Labute approximate surface area is 146 Å². The molecule has 0 amide bonds. The summed E-state index contributed by atoms with van der Waals surface area (Å²) < 4.78 is 5.92. The highest BCUT2D eigenvalue weighted by Gasteiger charge is 2.13. The molecule has 4 aromatic rings. The number of halogens is 2. The van der Waals surface area contributed by atoms with Crippen molar-refractivity contribution < 1.29 is 4.42 Å². The summed E-state index contributed by atoms with van der Waals surface area (Å²) in [7, 11) is 0. The van der Waals surface area contributed by atoms with Crippen molar-refractivity contribution in [1.29, 1.82) is 0 Å². The van der Waals surface area contributed by atoms with Crippen LogP contribution in [-0.2, 0) is 5.75 Å². The molecule has 0 saturated carbocycles. The topological polar surface area (TPSA) is 38.9 Å². The van der Waals surface area contributed by atoms with Crippen LogP contribution in [0.3, 0.4) is 0 Å². The van der Waals surface area contributed by atoms with Gasteiger partial charge in [-0.05, 0) is 29.8 Å². The Hall–Kier alpha value is -1.75. The summed E-state index contributed by atoms with van der Waals surface area (Å²) in [5, 5.41) is 3.08. The standard InChI is InChI=1S/C17H10Cl2N2OS/c18-11-6-5-10(13(19)7-11)8-23-17-16-15(20-9-21-17)12-3-1-2-4-14(12)22-16/h1-7,9H,8H2. The third-order valence-electron chi connectivity index (χ3n) is 3.50. The Morgan fingerprint density at radius 3 is 2.78 bits per heavy atom. The molecule has 6 heteroatoms. The van der Waals surface area contributed by atoms with Gasteiger partial charge in [0.2, 0.25) is 0 Å². The van der Waals surface area contributed by atoms with Crippen LogP contribution < -0.4 is 0 Å². The molecule has 3 nitrogen and oxygen atoms in total. The van der Waals surface area contributed by atoms with E-state index in [1.807, 2.05) is 36.4 Å². The van der Waals surface area contributed by atoms with E-state index in [4.69, 9.17) is 27.6 Å². The van der Waals surface area contributed by atoms with Gasteiger partial charge in [0.05, 0.1) is 0 Å². The number of fused-ring (bicyclic) bond motifs is 3. The molecule has 2 aromatic carbocycles. The number of nitrogens with zero attached hydrogens (tertiary/aromatic N) is 2. The number of aromatic nitrogens is 2. The highest BCUT2D eigenvalue weighted by Crippen LogP contribution is 2.34. The van der Waals surface area contributed by atoms with Gasteiger partial charge in [0.25, 0.3) is 0 Å². The zero-order valence-corrected chi connectivity index (χ0v) is 14.1. The molecule has 0 saturated heterocycles. The van der Waals surface area contributed by atoms with E-state index in [0.29, 0.717) is 21.4 Å². The molecule has 4 rings (SSSR count). The van der Waals surface area contributed by atoms with Crippen LogP contribution in [-0.4, -0.2) is 9.97 Å². The average Bonchev–Trinajstić information content (AvgIpc) is 2.93. The number of thioether (sulfide) groups is 1. The summed E-state index contributed by atoms with van der Waals surface area (Å²) in [5.41, 5.74) is 3.36. The molecule has 0 aliphatic heterocycles. The van der Waals surface area contributed by atoms with Crippen molar-refractivity contribution in [2.24, 2.45) is 0 Å². The van der Waals surface area contributed by atoms with E-state index in [-0.39, 0.29) is 0 Å². The molecule has 0 atom stereocenters. The third kappa shape index (κ3) is 2.78. The Morgan fingerprint density at radius 2 is 1.91 bits per heavy atom. The van der Waals surface area contributed by atoms with E-state index < -0.39 is 0 Å². The summed E-state index contributed by atoms with van der Waals surface area (Å²) in [6.07, 6.45) is 1.57. The molecular formula is C17H10Cl2N2OS. The second kappa shape index (κ2) is 6.04. The van der Waals surface area contributed by atoms with Crippen molar-refractivity contribution in [2.45, 2.75) is 10.8 Å². The lowest BCUT2D eigenvalue weighted by molar-refractivity contribution is 0.653. The van der Waals surface area contributed by atoms with Crippen molar-refractivity contribution in [3.8, 4) is 0 Å². The van der Waals surface area contributed by atoms with Crippen LogP contribution in [0, 0.1) is 0 Å². The fourth-order valence-corrected chi connectivity index (χ4v) is 3.88. The molecule has 23 heavy (non-hydrogen) atoms. The van der Waals surface area contributed by atoms with Crippen LogP contribution in [0.15, 0.2) is 58.2 Å². The lowest BCUT2D eigenvalue weighted by Crippen LogP contribution is -1.87. The number of furan rings is 1. The molecule has 114 valence electrons. The van der Waals surface area contributed by atoms with Gasteiger partial charge in [0, 0.05) is 21.2 Å². The lowest BCUT2D eigenvalue weighted by Gasteiger charge is -2.04. The largest absolute Gasteiger partial charge is 0.451 e. The first-order valence-electron chi connectivity index (χ1n) is 6.91. The van der Waals surface area contributed by atoms with E-state index in [2.05, 4.69) is 9.97 Å². The maximum atomic E-state index is 6.22. The first-order chi connectivity index (χ1) is 11.2. The zero-order valence-electron chi connectivity index (χ0n) is 11.8. The molecule has 2 aromatic heterocycles. The maximum Gasteiger partial charge on any atom is 0.186 e. The smallest absolute Gasteiger partial charge is 0.186 e. The summed E-state index contributed by atoms with van der Waals surface area (Å²) >= 11 is 13.7. The Bertz CT molecular complexity index is 1020. The monoisotopic (exact) mass is 360 g/mol. The number of benzene rings is 2. The van der Waals surface area contributed by atoms with Gasteiger partial charge < -0.3 is 4.42 Å². The van der Waals surface area contributed by atoms with Gasteiger partial charge in [-0.15, -0.1) is 0 Å². The van der Waals surface area contributed by atoms with Crippen LogP contribution in [0.2, 0.25) is 10.0 Å². The van der Waals surface area contributed by atoms with Crippen LogP contribution in [0.5, 0.6) is 0 Å². The normalized spacial score (nSPS) is 11.4. The molecule has 0 fully saturated rings. The van der Waals surface area contributed by atoms with Crippen molar-refractivity contribution in [3.05, 3.63) is 64.4 Å². The molecule has 0 radical (unpaired) electrons. The Kier molecular flexibility index (Phi) is 3.89. The molecule has 0 unspecified atom stereocenters. The van der Waals surface area contributed by atoms with E-state index >= 15 is 0 Å². The van der Waals surface area contributed by atoms with Gasteiger partial charge in [0.1, 0.15) is 22.5 Å². The van der Waals surface area contributed by atoms with Gasteiger partial charge in [-0.2, -0.15) is 0 Å². The molecular weight excluding hydrogens is 351 g/mol. The van der Waals surface area contributed by atoms with E-state index in [1.165, 1.54) is 0 Å². The second-order valence-electron chi connectivity index (χ2n) is 4.98. The molecule has 2 heterocycles. The van der Waals surface area contributed by atoms with Crippen LogP contribution in [0.4, 0.5) is 0 Å². The van der Waals surface area contributed by atoms with Crippen LogP contribution in [0.1, 0.15) is 5.56 Å². The van der Waals surface area contributed by atoms with Crippen LogP contribution >= 0.6 is 35.0 Å². The van der Waals surface area contributed by atoms with E-state index in [9.17, 15) is 0 Å². The summed E-state index contributed by atoms with van der Waals surface area (Å²) in [5.74, 6) is 0.680. The highest BCUT2D eigenvalue weighted by atomic mass is 35.5. The summed E-state index contributed by atoms with van der Waals surface area (Å²) in [6, 6.07) is 13.4. The van der Waals surface area contributed by atoms with Gasteiger partial charge in [-0.25, -0.2) is 9.97 Å². The predicted octanol–water partition coefficient (Wildman–Crippen LogP) is 5.98. The van der Waals surface area contributed by atoms with Crippen molar-refractivity contribution in [1.82, 2.24) is 9.97 Å². The van der Waals surface area contributed by atoms with E-state index in [0.717, 1.165) is 27.1 Å². The summed E-state index contributed by atoms with van der Waals surface area (Å²) in [4.78, 5) is 8.71. The number of hydrogen-bond donors (Lipinski definition) is 0. The molecule has 0 N–H and O–H groups in total. The third-order valence-corrected chi connectivity index (χ3v) is 5.11. The second-order valence-corrected chi connectivity index (χ2v) is 6.79. The SMILES string of the molecule is Clc1ccc(CSc2ncnc3c2oc2ccccc23)c(Cl)c1. The molecule has 0 aliphatic carbocycles. The number of rotatable bonds is 3. The van der Waals surface area contributed by atoms with Gasteiger partial charge >= 0.3 is 0 Å². The fourth-order valence-electron chi connectivity index (χ4n) is 2.39. The number of para-hydroxylation sites is 1. The minimum absolute atomic E-state index is 0.630. The fraction of sp³-hybridized carbons (Fsp3) is 0.0588. The molecule has 0 spiro atoms. The Balaban J connectivity index is 1.71. The number of hydrogen-bond acceptors (Lipinski definition) is 4. The van der Waals surface area contributed by atoms with Crippen molar-refractivity contribution in [3.63, 3.8) is 0 Å². The Morgan fingerprint density at radius 1 is 1.04 bits per heavy atom. The quantitative estimate of drug-likeness (QED) is 0.333. The minimum Gasteiger partial charge on any atom is -0.451 e. The predicted molar refractivity (Wildman–Crippen MR) is 95.3 cm³/mol. The van der Waals surface area contributed by atoms with Gasteiger partial charge in [-0.1, -0.05) is 53.2 Å². The van der Waals surface area contributed by atoms with Crippen LogP contribution in [0.25, 0.3) is 22.1 Å². The van der Waals surface area contributed by atoms with Gasteiger partial charge in [0.15, 0.2) is 5.58 Å². The lowest BCUT2D eigenvalue weighted by atomic mass is 10.2. The molecule has 0 aliphatic rings. The first kappa shape index (κ1) is 14.8. The maximum absolute atomic E-state index is 6.22. The van der Waals surface area contributed by atoms with Crippen molar-refractivity contribution >= 4 is 57.0 Å².